The van der Waals surface area contributed by atoms with E-state index in [9.17, 15) is 31.5 Å². The maximum Gasteiger partial charge on any atom is 0.407 e. The Hall–Kier alpha value is -2.76. The number of carbonyl (C=O) groups is 1. The van der Waals surface area contributed by atoms with E-state index in [1.807, 2.05) is 12.1 Å². The van der Waals surface area contributed by atoms with E-state index < -0.39 is 39.9 Å². The lowest BCUT2D eigenvalue weighted by atomic mass is 9.68. The fraction of sp³-hybridized carbons (Fsp3) is 0.516. The van der Waals surface area contributed by atoms with Gasteiger partial charge < -0.3 is 14.7 Å². The molecule has 7 nitrogen and oxygen atoms in total. The van der Waals surface area contributed by atoms with Gasteiger partial charge in [-0.2, -0.15) is 13.2 Å². The fourth-order valence-corrected chi connectivity index (χ4v) is 8.62. The number of aliphatic hydroxyl groups is 1. The monoisotopic (exact) mass is 638 g/mol. The van der Waals surface area contributed by atoms with Crippen LogP contribution in [0.1, 0.15) is 60.0 Å². The Bertz CT molecular complexity index is 1550. The molecule has 0 saturated heterocycles. The molecular formula is C31H34ClF3N2O5S. The first-order valence-corrected chi connectivity index (χ1v) is 16.6. The van der Waals surface area contributed by atoms with Crippen molar-refractivity contribution in [1.29, 1.82) is 0 Å². The first kappa shape index (κ1) is 30.3. The van der Waals surface area contributed by atoms with Crippen LogP contribution in [0, 0.1) is 11.8 Å². The van der Waals surface area contributed by atoms with E-state index in [-0.39, 0.29) is 29.2 Å². The summed E-state index contributed by atoms with van der Waals surface area (Å²) in [5.74, 6) is -0.576. The van der Waals surface area contributed by atoms with E-state index in [0.717, 1.165) is 49.3 Å². The van der Waals surface area contributed by atoms with Crippen molar-refractivity contribution in [3.05, 3.63) is 70.3 Å². The summed E-state index contributed by atoms with van der Waals surface area (Å²) in [5, 5.41) is 8.84. The average molecular weight is 639 g/mol. The molecule has 0 aromatic heterocycles. The van der Waals surface area contributed by atoms with Gasteiger partial charge in [0.25, 0.3) is 5.91 Å². The van der Waals surface area contributed by atoms with Gasteiger partial charge >= 0.3 is 6.18 Å². The zero-order chi connectivity index (χ0) is 30.6. The third-order valence-corrected chi connectivity index (χ3v) is 11.5. The van der Waals surface area contributed by atoms with Crippen LogP contribution >= 0.6 is 11.6 Å². The number of halogens is 4. The normalized spacial score (nSPS) is 31.5. The highest BCUT2D eigenvalue weighted by Gasteiger charge is 2.49. The Morgan fingerprint density at radius 3 is 2.63 bits per heavy atom. The molecule has 1 fully saturated rings. The maximum atomic E-state index is 13.8. The van der Waals surface area contributed by atoms with Crippen LogP contribution in [0.25, 0.3) is 0 Å². The molecule has 232 valence electrons. The average Bonchev–Trinajstić information content (AvgIpc) is 3.06. The molecular weight excluding hydrogens is 605 g/mol. The molecule has 0 unspecified atom stereocenters. The smallest absolute Gasteiger partial charge is 0.407 e. The SMILES string of the molecule is O=C1NS(=O)(=O)[C@@H](C(F)(F)F)C/C=C\C[C@H](O)[C@@H]2CC[C@H]2CN2C[C@@]3(CCCc4cc(Cl)ccc43)COc3ccc1cc32. The van der Waals surface area contributed by atoms with Gasteiger partial charge in [-0.3, -0.25) is 4.79 Å². The summed E-state index contributed by atoms with van der Waals surface area (Å²) in [6, 6.07) is 10.4. The second-order valence-electron chi connectivity index (χ2n) is 12.3. The van der Waals surface area contributed by atoms with Crippen LogP contribution in [0.3, 0.4) is 0 Å². The van der Waals surface area contributed by atoms with Crippen LogP contribution in [0.5, 0.6) is 5.75 Å². The lowest BCUT2D eigenvalue weighted by Gasteiger charge is -2.45. The predicted molar refractivity (Wildman–Crippen MR) is 157 cm³/mol. The third kappa shape index (κ3) is 5.88. The molecule has 2 bridgehead atoms. The Balaban J connectivity index is 1.42. The molecule has 1 spiro atoms. The van der Waals surface area contributed by atoms with Gasteiger partial charge in [0, 0.05) is 29.1 Å². The molecule has 1 amide bonds. The summed E-state index contributed by atoms with van der Waals surface area (Å²) < 4.78 is 75.2. The van der Waals surface area contributed by atoms with Crippen molar-refractivity contribution in [2.45, 2.75) is 67.9 Å². The Kier molecular flexibility index (Phi) is 7.96. The Labute approximate surface area is 254 Å². The molecule has 43 heavy (non-hydrogen) atoms. The number of nitrogens with one attached hydrogen (secondary N) is 1. The van der Waals surface area contributed by atoms with E-state index in [4.69, 9.17) is 16.3 Å². The highest BCUT2D eigenvalue weighted by molar-refractivity contribution is 7.90. The highest BCUT2D eigenvalue weighted by Crippen LogP contribution is 2.47. The second-order valence-corrected chi connectivity index (χ2v) is 14.6. The zero-order valence-corrected chi connectivity index (χ0v) is 25.0. The number of aliphatic hydroxyl groups excluding tert-OH is 1. The molecule has 5 atom stereocenters. The van der Waals surface area contributed by atoms with Crippen molar-refractivity contribution in [3.8, 4) is 5.75 Å². The number of hydrogen-bond donors (Lipinski definition) is 2. The summed E-state index contributed by atoms with van der Waals surface area (Å²) in [6.45, 7) is 1.50. The molecule has 2 aromatic rings. The first-order valence-electron chi connectivity index (χ1n) is 14.6. The van der Waals surface area contributed by atoms with Gasteiger partial charge in [-0.1, -0.05) is 29.8 Å². The summed E-state index contributed by atoms with van der Waals surface area (Å²) in [7, 11) is -5.12. The van der Waals surface area contributed by atoms with Gasteiger partial charge in [0.2, 0.25) is 10.0 Å². The number of alkyl halides is 3. The van der Waals surface area contributed by atoms with Crippen LogP contribution in [-0.2, 0) is 21.9 Å². The minimum Gasteiger partial charge on any atom is -0.490 e. The molecule has 2 heterocycles. The number of fused-ring (bicyclic) bond motifs is 4. The number of carbonyl (C=O) groups excluding carboxylic acids is 1. The van der Waals surface area contributed by atoms with Crippen LogP contribution in [-0.4, -0.2) is 56.7 Å². The minimum atomic E-state index is -5.12. The number of anilines is 1. The molecule has 1 saturated carbocycles. The van der Waals surface area contributed by atoms with Gasteiger partial charge in [0.1, 0.15) is 5.75 Å². The molecule has 6 rings (SSSR count). The van der Waals surface area contributed by atoms with Crippen LogP contribution < -0.4 is 14.4 Å². The molecule has 4 aliphatic rings. The summed E-state index contributed by atoms with van der Waals surface area (Å²) >= 11 is 6.33. The zero-order valence-electron chi connectivity index (χ0n) is 23.4. The Morgan fingerprint density at radius 2 is 1.88 bits per heavy atom. The van der Waals surface area contributed by atoms with Crippen molar-refractivity contribution in [2.75, 3.05) is 24.6 Å². The number of rotatable bonds is 0. The van der Waals surface area contributed by atoms with Crippen molar-refractivity contribution < 1.29 is 36.2 Å². The van der Waals surface area contributed by atoms with Crippen molar-refractivity contribution in [3.63, 3.8) is 0 Å². The number of amides is 1. The summed E-state index contributed by atoms with van der Waals surface area (Å²) in [6.07, 6.45) is 0.248. The van der Waals surface area contributed by atoms with E-state index >= 15 is 0 Å². The Morgan fingerprint density at radius 1 is 1.09 bits per heavy atom. The van der Waals surface area contributed by atoms with Crippen LogP contribution in [0.2, 0.25) is 5.02 Å². The quantitative estimate of drug-likeness (QED) is 0.368. The van der Waals surface area contributed by atoms with Crippen molar-refractivity contribution in [2.24, 2.45) is 11.8 Å². The summed E-state index contributed by atoms with van der Waals surface area (Å²) in [5.41, 5.74) is 2.42. The molecule has 2 aromatic carbocycles. The fourth-order valence-electron chi connectivity index (χ4n) is 7.19. The first-order chi connectivity index (χ1) is 20.4. The number of ether oxygens (including phenoxy) is 1. The van der Waals surface area contributed by atoms with Crippen molar-refractivity contribution >= 4 is 33.2 Å². The number of hydrogen-bond acceptors (Lipinski definition) is 6. The predicted octanol–water partition coefficient (Wildman–Crippen LogP) is 5.54. The molecule has 0 radical (unpaired) electrons. The van der Waals surface area contributed by atoms with Gasteiger partial charge in [-0.15, -0.1) is 0 Å². The molecule has 2 aliphatic heterocycles. The van der Waals surface area contributed by atoms with E-state index in [1.165, 1.54) is 18.2 Å². The van der Waals surface area contributed by atoms with E-state index in [0.29, 0.717) is 36.2 Å². The van der Waals surface area contributed by atoms with Gasteiger partial charge in [-0.25, -0.2) is 13.1 Å². The molecule has 2 N–H and O–H groups in total. The van der Waals surface area contributed by atoms with Gasteiger partial charge in [0.15, 0.2) is 5.25 Å². The van der Waals surface area contributed by atoms with Gasteiger partial charge in [-0.05, 0) is 98.2 Å². The number of aryl methyl sites for hydroxylation is 1. The highest BCUT2D eigenvalue weighted by atomic mass is 35.5. The lowest BCUT2D eigenvalue weighted by Crippen LogP contribution is -2.49. The lowest BCUT2D eigenvalue weighted by molar-refractivity contribution is -0.129. The number of nitrogens with zero attached hydrogens (tertiary/aromatic N) is 1. The molecule has 2 aliphatic carbocycles. The largest absolute Gasteiger partial charge is 0.490 e. The van der Waals surface area contributed by atoms with Crippen LogP contribution in [0.15, 0.2) is 48.6 Å². The number of allylic oxidation sites excluding steroid dienone is 1. The standard InChI is InChI=1S/C31H34ClF3N2O5S/c32-22-9-11-24-19(14-22)4-3-13-30(24)17-37-16-21-7-10-23(21)26(38)5-1-2-6-28(31(33,34)35)43(40,41)36-29(39)20-8-12-27(42-18-30)25(37)15-20/h1-2,8-9,11-12,14-15,21,23,26,28,38H,3-7,10,13,16-18H2,(H,36,39)/b2-1-/t21-,23+,26-,28+,30-/m0/s1. The number of sulfonamides is 1. The van der Waals surface area contributed by atoms with Crippen LogP contribution in [0.4, 0.5) is 18.9 Å². The van der Waals surface area contributed by atoms with E-state index in [1.54, 1.807) is 10.8 Å². The summed E-state index contributed by atoms with van der Waals surface area (Å²) in [4.78, 5) is 15.3. The minimum absolute atomic E-state index is 0.0628. The second kappa shape index (κ2) is 11.3. The van der Waals surface area contributed by atoms with Crippen molar-refractivity contribution in [1.82, 2.24) is 4.72 Å². The molecule has 12 heteroatoms. The maximum absolute atomic E-state index is 13.8. The van der Waals surface area contributed by atoms with Gasteiger partial charge in [0.05, 0.1) is 18.4 Å². The van der Waals surface area contributed by atoms with E-state index in [2.05, 4.69) is 11.0 Å². The third-order valence-electron chi connectivity index (χ3n) is 9.59. The topological polar surface area (TPSA) is 95.9 Å². The number of benzene rings is 2.